The van der Waals surface area contributed by atoms with Crippen LogP contribution in [0.5, 0.6) is 0 Å². The van der Waals surface area contributed by atoms with Gasteiger partial charge in [0.15, 0.2) is 5.82 Å². The van der Waals surface area contributed by atoms with Gasteiger partial charge in [0.2, 0.25) is 0 Å². The van der Waals surface area contributed by atoms with E-state index in [9.17, 15) is 0 Å². The molecule has 0 radical (unpaired) electrons. The first-order chi connectivity index (χ1) is 10.4. The SMILES string of the molecule is N#Cc1ccccc1CNc1cccnc1N1CCCC1. The lowest BCUT2D eigenvalue weighted by Gasteiger charge is -2.20. The summed E-state index contributed by atoms with van der Waals surface area (Å²) in [6, 6.07) is 13.9. The number of hydrogen-bond acceptors (Lipinski definition) is 4. The highest BCUT2D eigenvalue weighted by molar-refractivity contribution is 5.66. The Bertz CT molecular complexity index is 654. The molecule has 4 heteroatoms. The van der Waals surface area contributed by atoms with Crippen LogP contribution in [0.2, 0.25) is 0 Å². The zero-order chi connectivity index (χ0) is 14.5. The first kappa shape index (κ1) is 13.4. The zero-order valence-electron chi connectivity index (χ0n) is 11.9. The van der Waals surface area contributed by atoms with Crippen molar-refractivity contribution in [2.75, 3.05) is 23.3 Å². The number of aromatic nitrogens is 1. The summed E-state index contributed by atoms with van der Waals surface area (Å²) in [5.74, 6) is 1.02. The highest BCUT2D eigenvalue weighted by Gasteiger charge is 2.16. The summed E-state index contributed by atoms with van der Waals surface area (Å²) in [6.45, 7) is 2.78. The Labute approximate surface area is 125 Å². The van der Waals surface area contributed by atoms with E-state index >= 15 is 0 Å². The molecule has 0 aliphatic carbocycles. The van der Waals surface area contributed by atoms with Crippen LogP contribution in [-0.4, -0.2) is 18.1 Å². The van der Waals surface area contributed by atoms with Gasteiger partial charge in [-0.1, -0.05) is 18.2 Å². The maximum Gasteiger partial charge on any atom is 0.151 e. The van der Waals surface area contributed by atoms with Gasteiger partial charge < -0.3 is 10.2 Å². The molecule has 1 aliphatic rings. The normalized spacial score (nSPS) is 14.0. The van der Waals surface area contributed by atoms with E-state index < -0.39 is 0 Å². The van der Waals surface area contributed by atoms with Crippen molar-refractivity contribution in [3.05, 3.63) is 53.7 Å². The molecule has 3 rings (SSSR count). The van der Waals surface area contributed by atoms with Gasteiger partial charge in [0.25, 0.3) is 0 Å². The van der Waals surface area contributed by atoms with Crippen LogP contribution in [-0.2, 0) is 6.54 Å². The summed E-state index contributed by atoms with van der Waals surface area (Å²) in [5.41, 5.74) is 2.76. The van der Waals surface area contributed by atoms with Crippen molar-refractivity contribution in [2.24, 2.45) is 0 Å². The van der Waals surface area contributed by atoms with E-state index in [1.807, 2.05) is 36.5 Å². The van der Waals surface area contributed by atoms with Gasteiger partial charge in [0, 0.05) is 25.8 Å². The van der Waals surface area contributed by atoms with Gasteiger partial charge in [-0.05, 0) is 36.6 Å². The van der Waals surface area contributed by atoms with E-state index in [0.29, 0.717) is 6.54 Å². The number of nitriles is 1. The number of nitrogens with one attached hydrogen (secondary N) is 1. The van der Waals surface area contributed by atoms with Crippen LogP contribution in [0.1, 0.15) is 24.0 Å². The molecule has 1 N–H and O–H groups in total. The number of anilines is 2. The van der Waals surface area contributed by atoms with E-state index in [4.69, 9.17) is 5.26 Å². The largest absolute Gasteiger partial charge is 0.378 e. The summed E-state index contributed by atoms with van der Waals surface area (Å²) >= 11 is 0. The minimum Gasteiger partial charge on any atom is -0.378 e. The molecule has 1 aliphatic heterocycles. The van der Waals surface area contributed by atoms with Crippen molar-refractivity contribution in [3.8, 4) is 6.07 Å². The van der Waals surface area contributed by atoms with Crippen molar-refractivity contribution in [1.29, 1.82) is 5.26 Å². The van der Waals surface area contributed by atoms with E-state index in [1.165, 1.54) is 12.8 Å². The molecule has 0 atom stereocenters. The maximum absolute atomic E-state index is 9.14. The Morgan fingerprint density at radius 3 is 2.76 bits per heavy atom. The van der Waals surface area contributed by atoms with Crippen molar-refractivity contribution < 1.29 is 0 Å². The Morgan fingerprint density at radius 1 is 1.14 bits per heavy atom. The number of hydrogen-bond donors (Lipinski definition) is 1. The molecule has 2 heterocycles. The summed E-state index contributed by atoms with van der Waals surface area (Å²) < 4.78 is 0. The molecule has 106 valence electrons. The monoisotopic (exact) mass is 278 g/mol. The maximum atomic E-state index is 9.14. The number of nitrogens with zero attached hydrogens (tertiary/aromatic N) is 3. The van der Waals surface area contributed by atoms with Gasteiger partial charge in [0.05, 0.1) is 17.3 Å². The van der Waals surface area contributed by atoms with Crippen molar-refractivity contribution in [1.82, 2.24) is 4.98 Å². The molecule has 21 heavy (non-hydrogen) atoms. The molecule has 1 saturated heterocycles. The zero-order valence-corrected chi connectivity index (χ0v) is 11.9. The molecule has 0 amide bonds. The minimum absolute atomic E-state index is 0.635. The van der Waals surface area contributed by atoms with Gasteiger partial charge in [0.1, 0.15) is 0 Å². The first-order valence-electron chi connectivity index (χ1n) is 7.30. The molecule has 2 aromatic rings. The summed E-state index contributed by atoms with van der Waals surface area (Å²) in [5, 5.41) is 12.6. The Morgan fingerprint density at radius 2 is 1.95 bits per heavy atom. The number of benzene rings is 1. The predicted molar refractivity (Wildman–Crippen MR) is 84.2 cm³/mol. The van der Waals surface area contributed by atoms with Gasteiger partial charge >= 0.3 is 0 Å². The van der Waals surface area contributed by atoms with Crippen molar-refractivity contribution >= 4 is 11.5 Å². The van der Waals surface area contributed by atoms with Crippen molar-refractivity contribution in [3.63, 3.8) is 0 Å². The third-order valence-electron chi connectivity index (χ3n) is 3.80. The number of rotatable bonds is 4. The average molecular weight is 278 g/mol. The molecule has 1 fully saturated rings. The molecule has 0 unspecified atom stereocenters. The van der Waals surface area contributed by atoms with Crippen LogP contribution in [0.15, 0.2) is 42.6 Å². The highest BCUT2D eigenvalue weighted by Crippen LogP contribution is 2.26. The van der Waals surface area contributed by atoms with Crippen LogP contribution < -0.4 is 10.2 Å². The van der Waals surface area contributed by atoms with E-state index in [1.54, 1.807) is 0 Å². The summed E-state index contributed by atoms with van der Waals surface area (Å²) in [6.07, 6.45) is 4.29. The Balaban J connectivity index is 1.78. The lowest BCUT2D eigenvalue weighted by Crippen LogP contribution is -2.20. The van der Waals surface area contributed by atoms with Gasteiger partial charge in [-0.15, -0.1) is 0 Å². The van der Waals surface area contributed by atoms with Crippen LogP contribution in [0.4, 0.5) is 11.5 Å². The molecule has 1 aromatic heterocycles. The van der Waals surface area contributed by atoms with Crippen LogP contribution >= 0.6 is 0 Å². The van der Waals surface area contributed by atoms with Gasteiger partial charge in [-0.25, -0.2) is 4.98 Å². The fourth-order valence-electron chi connectivity index (χ4n) is 2.69. The molecule has 4 nitrogen and oxygen atoms in total. The summed E-state index contributed by atoms with van der Waals surface area (Å²) in [7, 11) is 0. The summed E-state index contributed by atoms with van der Waals surface area (Å²) in [4.78, 5) is 6.83. The number of pyridine rings is 1. The van der Waals surface area contributed by atoms with Crippen LogP contribution in [0.25, 0.3) is 0 Å². The fraction of sp³-hybridized carbons (Fsp3) is 0.294. The molecule has 0 spiro atoms. The van der Waals surface area contributed by atoms with Crippen molar-refractivity contribution in [2.45, 2.75) is 19.4 Å². The molecular formula is C17H18N4. The third-order valence-corrected chi connectivity index (χ3v) is 3.80. The van der Waals surface area contributed by atoms with Crippen LogP contribution in [0, 0.1) is 11.3 Å². The smallest absolute Gasteiger partial charge is 0.151 e. The lowest BCUT2D eigenvalue weighted by molar-refractivity contribution is 0.934. The lowest BCUT2D eigenvalue weighted by atomic mass is 10.1. The van der Waals surface area contributed by atoms with E-state index in [2.05, 4.69) is 27.3 Å². The Hall–Kier alpha value is -2.54. The Kier molecular flexibility index (Phi) is 4.02. The predicted octanol–water partition coefficient (Wildman–Crippen LogP) is 3.17. The van der Waals surface area contributed by atoms with E-state index in [0.717, 1.165) is 35.7 Å². The third kappa shape index (κ3) is 2.97. The topological polar surface area (TPSA) is 52.0 Å². The fourth-order valence-corrected chi connectivity index (χ4v) is 2.69. The minimum atomic E-state index is 0.635. The molecular weight excluding hydrogens is 260 g/mol. The van der Waals surface area contributed by atoms with Gasteiger partial charge in [-0.2, -0.15) is 5.26 Å². The second-order valence-electron chi connectivity index (χ2n) is 5.19. The molecule has 1 aromatic carbocycles. The standard InChI is InChI=1S/C17H18N4/c18-12-14-6-1-2-7-15(14)13-20-16-8-5-9-19-17(16)21-10-3-4-11-21/h1-2,5-9,20H,3-4,10-11,13H2. The second-order valence-corrected chi connectivity index (χ2v) is 5.19. The second kappa shape index (κ2) is 6.27. The molecule has 0 bridgehead atoms. The average Bonchev–Trinajstić information content (AvgIpc) is 3.08. The quantitative estimate of drug-likeness (QED) is 0.933. The molecule has 0 saturated carbocycles. The highest BCUT2D eigenvalue weighted by atomic mass is 15.2. The van der Waals surface area contributed by atoms with Gasteiger partial charge in [-0.3, -0.25) is 0 Å². The first-order valence-corrected chi connectivity index (χ1v) is 7.30. The van der Waals surface area contributed by atoms with Crippen LogP contribution in [0.3, 0.4) is 0 Å². The van der Waals surface area contributed by atoms with E-state index in [-0.39, 0.29) is 0 Å².